The van der Waals surface area contributed by atoms with Gasteiger partial charge in [0.05, 0.1) is 13.0 Å². The summed E-state index contributed by atoms with van der Waals surface area (Å²) >= 11 is 5.95. The lowest BCUT2D eigenvalue weighted by Crippen LogP contribution is -2.05. The van der Waals surface area contributed by atoms with Gasteiger partial charge in [0.25, 0.3) is 0 Å². The maximum Gasteiger partial charge on any atom is 0.309 e. The summed E-state index contributed by atoms with van der Waals surface area (Å²) < 4.78 is 10.5. The van der Waals surface area contributed by atoms with E-state index in [1.54, 1.807) is 0 Å². The third kappa shape index (κ3) is 1.90. The van der Waals surface area contributed by atoms with Crippen molar-refractivity contribution >= 4 is 17.6 Å². The molecule has 4 nitrogen and oxygen atoms in total. The van der Waals surface area contributed by atoms with E-state index in [1.807, 2.05) is 24.3 Å². The minimum atomic E-state index is -0.139. The summed E-state index contributed by atoms with van der Waals surface area (Å²) in [6.07, 6.45) is 0.971. The first-order valence-electron chi connectivity index (χ1n) is 7.45. The van der Waals surface area contributed by atoms with Crippen molar-refractivity contribution in [2.75, 3.05) is 7.11 Å². The molecule has 0 radical (unpaired) electrons. The summed E-state index contributed by atoms with van der Waals surface area (Å²) in [6, 6.07) is 7.60. The molecule has 4 unspecified atom stereocenters. The molecule has 1 saturated carbocycles. The Kier molecular flexibility index (Phi) is 3.05. The van der Waals surface area contributed by atoms with Crippen LogP contribution < -0.4 is 0 Å². The number of nitrogens with zero attached hydrogens (tertiary/aromatic N) is 1. The van der Waals surface area contributed by atoms with Gasteiger partial charge in [0.15, 0.2) is 0 Å². The molecular weight excluding hydrogens is 302 g/mol. The zero-order chi connectivity index (χ0) is 15.4. The maximum atomic E-state index is 11.9. The summed E-state index contributed by atoms with van der Waals surface area (Å²) in [5.41, 5.74) is 3.00. The van der Waals surface area contributed by atoms with Gasteiger partial charge >= 0.3 is 5.97 Å². The number of fused-ring (bicyclic) bond motifs is 3. The van der Waals surface area contributed by atoms with E-state index in [4.69, 9.17) is 20.9 Å². The highest BCUT2D eigenvalue weighted by atomic mass is 35.5. The second-order valence-electron chi connectivity index (χ2n) is 6.19. The van der Waals surface area contributed by atoms with Crippen LogP contribution in [0.1, 0.15) is 36.5 Å². The number of hydrogen-bond donors (Lipinski definition) is 0. The number of rotatable bonds is 2. The van der Waals surface area contributed by atoms with Crippen LogP contribution in [0.15, 0.2) is 28.8 Å². The van der Waals surface area contributed by atoms with E-state index in [2.05, 4.69) is 12.1 Å². The second kappa shape index (κ2) is 4.85. The van der Waals surface area contributed by atoms with Crippen molar-refractivity contribution < 1.29 is 14.1 Å². The molecular formula is C17H16ClNO3. The van der Waals surface area contributed by atoms with Crippen molar-refractivity contribution in [3.05, 3.63) is 40.6 Å². The average Bonchev–Trinajstić information content (AvgIpc) is 3.05. The number of halogens is 1. The molecule has 1 heterocycles. The van der Waals surface area contributed by atoms with Gasteiger partial charge in [0.1, 0.15) is 11.5 Å². The van der Waals surface area contributed by atoms with Crippen molar-refractivity contribution in [1.29, 1.82) is 0 Å². The molecule has 0 aliphatic heterocycles. The van der Waals surface area contributed by atoms with Crippen LogP contribution in [0.4, 0.5) is 0 Å². The van der Waals surface area contributed by atoms with Crippen LogP contribution in [0.3, 0.4) is 0 Å². The number of carbonyl (C=O) groups is 1. The summed E-state index contributed by atoms with van der Waals surface area (Å²) in [6.45, 7) is 2.17. The molecule has 5 heteroatoms. The van der Waals surface area contributed by atoms with Crippen LogP contribution in [0.25, 0.3) is 11.3 Å². The predicted molar refractivity (Wildman–Crippen MR) is 81.7 cm³/mol. The number of ether oxygens (including phenoxy) is 1. The standard InChI is InChI=1S/C17H16ClNO3/c1-8-7-11-13(14(11)17(20)21-2)16-12(8)15(19-22-16)9-3-5-10(18)6-4-9/h3-6,8,11,13-14H,7H2,1-2H3. The van der Waals surface area contributed by atoms with Crippen LogP contribution in [0.2, 0.25) is 5.02 Å². The number of hydrogen-bond acceptors (Lipinski definition) is 4. The Morgan fingerprint density at radius 3 is 2.77 bits per heavy atom. The fourth-order valence-corrected chi connectivity index (χ4v) is 3.98. The van der Waals surface area contributed by atoms with Gasteiger partial charge in [0.2, 0.25) is 0 Å². The van der Waals surface area contributed by atoms with E-state index in [-0.39, 0.29) is 17.8 Å². The zero-order valence-corrected chi connectivity index (χ0v) is 13.1. The fraction of sp³-hybridized carbons (Fsp3) is 0.412. The van der Waals surface area contributed by atoms with Gasteiger partial charge in [-0.15, -0.1) is 0 Å². The lowest BCUT2D eigenvalue weighted by Gasteiger charge is -2.16. The smallest absolute Gasteiger partial charge is 0.309 e. The molecule has 0 N–H and O–H groups in total. The first-order valence-corrected chi connectivity index (χ1v) is 7.82. The van der Waals surface area contributed by atoms with Gasteiger partial charge in [-0.1, -0.05) is 35.8 Å². The Balaban J connectivity index is 1.75. The topological polar surface area (TPSA) is 52.3 Å². The van der Waals surface area contributed by atoms with E-state index in [1.165, 1.54) is 7.11 Å². The molecule has 2 aromatic rings. The van der Waals surface area contributed by atoms with Crippen molar-refractivity contribution in [3.63, 3.8) is 0 Å². The second-order valence-corrected chi connectivity index (χ2v) is 6.63. The third-order valence-corrected chi connectivity index (χ3v) is 5.19. The number of aromatic nitrogens is 1. The first kappa shape index (κ1) is 13.8. The van der Waals surface area contributed by atoms with Gasteiger partial charge in [0, 0.05) is 22.1 Å². The predicted octanol–water partition coefficient (Wildman–Crippen LogP) is 4.00. The van der Waals surface area contributed by atoms with Gasteiger partial charge < -0.3 is 9.26 Å². The SMILES string of the molecule is COC(=O)C1C2CC(C)c3c(-c4ccc(Cl)cc4)noc3C21. The van der Waals surface area contributed by atoms with E-state index >= 15 is 0 Å². The van der Waals surface area contributed by atoms with Crippen molar-refractivity contribution in [2.45, 2.75) is 25.2 Å². The normalized spacial score (nSPS) is 28.7. The van der Waals surface area contributed by atoms with Crippen molar-refractivity contribution in [3.8, 4) is 11.3 Å². The molecule has 4 rings (SSSR count). The Morgan fingerprint density at radius 2 is 2.09 bits per heavy atom. The summed E-state index contributed by atoms with van der Waals surface area (Å²) in [7, 11) is 1.44. The summed E-state index contributed by atoms with van der Waals surface area (Å²) in [5.74, 6) is 1.44. The van der Waals surface area contributed by atoms with E-state index in [0.29, 0.717) is 16.9 Å². The first-order chi connectivity index (χ1) is 10.6. The molecule has 4 atom stereocenters. The summed E-state index contributed by atoms with van der Waals surface area (Å²) in [5, 5.41) is 4.97. The monoisotopic (exact) mass is 317 g/mol. The number of esters is 1. The van der Waals surface area contributed by atoms with Crippen LogP contribution in [-0.4, -0.2) is 18.2 Å². The highest BCUT2D eigenvalue weighted by Crippen LogP contribution is 2.64. The molecule has 0 amide bonds. The number of methoxy groups -OCH3 is 1. The molecule has 114 valence electrons. The number of carbonyl (C=O) groups excluding carboxylic acids is 1. The van der Waals surface area contributed by atoms with Crippen LogP contribution in [-0.2, 0) is 9.53 Å². The molecule has 0 spiro atoms. The molecule has 0 saturated heterocycles. The Bertz CT molecular complexity index is 737. The molecule has 1 aromatic heterocycles. The highest BCUT2D eigenvalue weighted by molar-refractivity contribution is 6.30. The molecule has 22 heavy (non-hydrogen) atoms. The molecule has 2 aliphatic rings. The van der Waals surface area contributed by atoms with E-state index < -0.39 is 0 Å². The Labute approximate surface area is 133 Å². The molecule has 1 aromatic carbocycles. The third-order valence-electron chi connectivity index (χ3n) is 4.94. The van der Waals surface area contributed by atoms with E-state index in [9.17, 15) is 4.79 Å². The zero-order valence-electron chi connectivity index (χ0n) is 12.4. The van der Waals surface area contributed by atoms with Crippen molar-refractivity contribution in [2.24, 2.45) is 11.8 Å². The lowest BCUT2D eigenvalue weighted by atomic mass is 9.86. The lowest BCUT2D eigenvalue weighted by molar-refractivity contribution is -0.142. The largest absolute Gasteiger partial charge is 0.469 e. The van der Waals surface area contributed by atoms with Gasteiger partial charge in [-0.25, -0.2) is 0 Å². The van der Waals surface area contributed by atoms with Crippen LogP contribution >= 0.6 is 11.6 Å². The molecule has 0 bridgehead atoms. The van der Waals surface area contributed by atoms with Gasteiger partial charge in [-0.05, 0) is 30.4 Å². The molecule has 1 fully saturated rings. The quantitative estimate of drug-likeness (QED) is 0.785. The average molecular weight is 318 g/mol. The van der Waals surface area contributed by atoms with Gasteiger partial charge in [-0.3, -0.25) is 4.79 Å². The molecule has 2 aliphatic carbocycles. The number of benzene rings is 1. The highest BCUT2D eigenvalue weighted by Gasteiger charge is 2.62. The minimum Gasteiger partial charge on any atom is -0.469 e. The maximum absolute atomic E-state index is 11.9. The van der Waals surface area contributed by atoms with Gasteiger partial charge in [-0.2, -0.15) is 0 Å². The van der Waals surface area contributed by atoms with Crippen molar-refractivity contribution in [1.82, 2.24) is 5.16 Å². The minimum absolute atomic E-state index is 0.0697. The van der Waals surface area contributed by atoms with Crippen LogP contribution in [0.5, 0.6) is 0 Å². The summed E-state index contributed by atoms with van der Waals surface area (Å²) in [4.78, 5) is 11.9. The van der Waals surface area contributed by atoms with E-state index in [0.717, 1.165) is 29.0 Å². The van der Waals surface area contributed by atoms with Crippen LogP contribution in [0, 0.1) is 11.8 Å². The Hall–Kier alpha value is -1.81. The Morgan fingerprint density at radius 1 is 1.36 bits per heavy atom. The fourth-order valence-electron chi connectivity index (χ4n) is 3.85.